The molecule has 3 aromatic rings. The van der Waals surface area contributed by atoms with Gasteiger partial charge in [0.2, 0.25) is 5.88 Å². The van der Waals surface area contributed by atoms with Crippen LogP contribution in [0.25, 0.3) is 11.0 Å². The van der Waals surface area contributed by atoms with Crippen molar-refractivity contribution in [1.29, 1.82) is 0 Å². The van der Waals surface area contributed by atoms with Crippen molar-refractivity contribution in [2.24, 2.45) is 0 Å². The average Bonchev–Trinajstić information content (AvgIpc) is 3.05. The van der Waals surface area contributed by atoms with Gasteiger partial charge >= 0.3 is 0 Å². The van der Waals surface area contributed by atoms with Gasteiger partial charge < -0.3 is 14.2 Å². The summed E-state index contributed by atoms with van der Waals surface area (Å²) in [6.45, 7) is 5.98. The number of nitrogens with one attached hydrogen (secondary N) is 1. The number of carbonyl (C=O) groups excluding carboxylic acids is 1. The van der Waals surface area contributed by atoms with E-state index < -0.39 is 0 Å². The molecule has 2 heterocycles. The summed E-state index contributed by atoms with van der Waals surface area (Å²) in [4.78, 5) is 17.5. The minimum atomic E-state index is -0.141. The van der Waals surface area contributed by atoms with Crippen LogP contribution in [0.2, 0.25) is 0 Å². The van der Waals surface area contributed by atoms with Crippen LogP contribution in [0.3, 0.4) is 0 Å². The molecule has 1 fully saturated rings. The van der Waals surface area contributed by atoms with Gasteiger partial charge in [-0.2, -0.15) is 0 Å². The van der Waals surface area contributed by atoms with Crippen molar-refractivity contribution in [3.05, 3.63) is 59.7 Å². The van der Waals surface area contributed by atoms with Crippen molar-refractivity contribution >= 4 is 28.4 Å². The predicted molar refractivity (Wildman–Crippen MR) is 105 cm³/mol. The molecule has 0 bridgehead atoms. The molecule has 1 aliphatic rings. The Morgan fingerprint density at radius 1 is 1.04 bits per heavy atom. The van der Waals surface area contributed by atoms with Gasteiger partial charge in [0.15, 0.2) is 0 Å². The molecule has 0 atom stereocenters. The monoisotopic (exact) mass is 349 g/mol. The van der Waals surface area contributed by atoms with Gasteiger partial charge in [0.1, 0.15) is 5.58 Å². The molecule has 5 heteroatoms. The molecule has 1 N–H and O–H groups in total. The number of furan rings is 1. The first kappa shape index (κ1) is 16.7. The molecule has 0 unspecified atom stereocenters. The van der Waals surface area contributed by atoms with Crippen LogP contribution in [-0.2, 0) is 0 Å². The van der Waals surface area contributed by atoms with Crippen molar-refractivity contribution in [3.63, 3.8) is 0 Å². The fourth-order valence-corrected chi connectivity index (χ4v) is 3.34. The van der Waals surface area contributed by atoms with Crippen molar-refractivity contribution in [2.75, 3.05) is 43.4 Å². The Morgan fingerprint density at radius 3 is 2.58 bits per heavy atom. The molecule has 1 saturated heterocycles. The zero-order chi connectivity index (χ0) is 18.1. The summed E-state index contributed by atoms with van der Waals surface area (Å²) in [5, 5.41) is 3.87. The minimum absolute atomic E-state index is 0.141. The van der Waals surface area contributed by atoms with Crippen molar-refractivity contribution in [3.8, 4) is 0 Å². The van der Waals surface area contributed by atoms with Crippen LogP contribution in [0.15, 0.2) is 52.9 Å². The van der Waals surface area contributed by atoms with E-state index in [4.69, 9.17) is 4.42 Å². The van der Waals surface area contributed by atoms with Gasteiger partial charge in [-0.25, -0.2) is 0 Å². The molecule has 0 spiro atoms. The summed E-state index contributed by atoms with van der Waals surface area (Å²) in [6, 6.07) is 15.7. The average molecular weight is 349 g/mol. The maximum atomic E-state index is 12.8. The Balaban J connectivity index is 1.56. The number of benzene rings is 2. The number of piperazine rings is 1. The van der Waals surface area contributed by atoms with E-state index in [0.29, 0.717) is 11.4 Å². The highest BCUT2D eigenvalue weighted by Crippen LogP contribution is 2.25. The van der Waals surface area contributed by atoms with Crippen LogP contribution in [-0.4, -0.2) is 44.0 Å². The van der Waals surface area contributed by atoms with E-state index >= 15 is 0 Å². The first-order valence-corrected chi connectivity index (χ1v) is 8.94. The summed E-state index contributed by atoms with van der Waals surface area (Å²) in [6.07, 6.45) is 0. The first-order chi connectivity index (χ1) is 12.6. The second-order valence-corrected chi connectivity index (χ2v) is 6.89. The number of likely N-dealkylation sites (N-methyl/N-ethyl adjacent to an activating group) is 1. The van der Waals surface area contributed by atoms with Gasteiger partial charge in [0.25, 0.3) is 5.91 Å². The lowest BCUT2D eigenvalue weighted by atomic mass is 10.1. The Hall–Kier alpha value is -2.79. The second-order valence-electron chi connectivity index (χ2n) is 6.89. The topological polar surface area (TPSA) is 48.7 Å². The number of hydrogen-bond acceptors (Lipinski definition) is 4. The predicted octanol–water partition coefficient (Wildman–Crippen LogP) is 3.75. The summed E-state index contributed by atoms with van der Waals surface area (Å²) in [5.41, 5.74) is 3.50. The Labute approximate surface area is 153 Å². The standard InChI is InChI=1S/C21H23N3O2/c1-15-7-8-17(24-11-9-23(2)10-12-24)14-18(15)21(25)22-20-13-16-5-3-4-6-19(16)26-20/h3-8,13-14H,9-12H2,1-2H3,(H,22,25). The zero-order valence-electron chi connectivity index (χ0n) is 15.2. The highest BCUT2D eigenvalue weighted by atomic mass is 16.4. The zero-order valence-corrected chi connectivity index (χ0v) is 15.2. The van der Waals surface area contributed by atoms with Gasteiger partial charge in [-0.05, 0) is 37.7 Å². The third-order valence-electron chi connectivity index (χ3n) is 5.00. The van der Waals surface area contributed by atoms with E-state index in [9.17, 15) is 4.79 Å². The normalized spacial score (nSPS) is 15.4. The summed E-state index contributed by atoms with van der Waals surface area (Å²) >= 11 is 0. The van der Waals surface area contributed by atoms with E-state index in [2.05, 4.69) is 28.2 Å². The molecule has 0 radical (unpaired) electrons. The number of amides is 1. The largest absolute Gasteiger partial charge is 0.440 e. The molecule has 26 heavy (non-hydrogen) atoms. The Morgan fingerprint density at radius 2 is 1.81 bits per heavy atom. The fraction of sp³-hybridized carbons (Fsp3) is 0.286. The molecule has 4 rings (SSSR count). The molecule has 0 saturated carbocycles. The van der Waals surface area contributed by atoms with Crippen LogP contribution in [0.4, 0.5) is 11.6 Å². The summed E-state index contributed by atoms with van der Waals surface area (Å²) < 4.78 is 5.71. The van der Waals surface area contributed by atoms with Gasteiger partial charge in [0.05, 0.1) is 0 Å². The lowest BCUT2D eigenvalue weighted by Crippen LogP contribution is -2.44. The Kier molecular flexibility index (Phi) is 4.39. The summed E-state index contributed by atoms with van der Waals surface area (Å²) in [7, 11) is 2.14. The third kappa shape index (κ3) is 3.30. The van der Waals surface area contributed by atoms with Crippen LogP contribution in [0.1, 0.15) is 15.9 Å². The molecular formula is C21H23N3O2. The fourth-order valence-electron chi connectivity index (χ4n) is 3.34. The molecule has 5 nitrogen and oxygen atoms in total. The van der Waals surface area contributed by atoms with E-state index in [1.54, 1.807) is 0 Å². The van der Waals surface area contributed by atoms with E-state index in [1.165, 1.54) is 0 Å². The number of hydrogen-bond donors (Lipinski definition) is 1. The molecule has 0 aliphatic carbocycles. The number of aryl methyl sites for hydroxylation is 1. The highest BCUT2D eigenvalue weighted by molar-refractivity contribution is 6.06. The number of fused-ring (bicyclic) bond motifs is 1. The molecule has 134 valence electrons. The lowest BCUT2D eigenvalue weighted by Gasteiger charge is -2.34. The summed E-state index contributed by atoms with van der Waals surface area (Å²) in [5.74, 6) is 0.332. The van der Waals surface area contributed by atoms with Crippen LogP contribution < -0.4 is 10.2 Å². The third-order valence-corrected chi connectivity index (χ3v) is 5.00. The van der Waals surface area contributed by atoms with Gasteiger partial charge in [-0.1, -0.05) is 24.3 Å². The van der Waals surface area contributed by atoms with Gasteiger partial charge in [-0.3, -0.25) is 10.1 Å². The number of para-hydroxylation sites is 1. The molecule has 1 aromatic heterocycles. The van der Waals surface area contributed by atoms with Crippen LogP contribution >= 0.6 is 0 Å². The van der Waals surface area contributed by atoms with Gasteiger partial charge in [-0.15, -0.1) is 0 Å². The second kappa shape index (κ2) is 6.84. The van der Waals surface area contributed by atoms with E-state index in [0.717, 1.165) is 48.4 Å². The maximum absolute atomic E-state index is 12.8. The van der Waals surface area contributed by atoms with Crippen LogP contribution in [0.5, 0.6) is 0 Å². The maximum Gasteiger partial charge on any atom is 0.258 e. The number of nitrogens with zero attached hydrogens (tertiary/aromatic N) is 2. The lowest BCUT2D eigenvalue weighted by molar-refractivity contribution is 0.102. The van der Waals surface area contributed by atoms with Crippen molar-refractivity contribution < 1.29 is 9.21 Å². The number of anilines is 2. The molecule has 2 aromatic carbocycles. The van der Waals surface area contributed by atoms with Crippen molar-refractivity contribution in [2.45, 2.75) is 6.92 Å². The SMILES string of the molecule is Cc1ccc(N2CCN(C)CC2)cc1C(=O)Nc1cc2ccccc2o1. The van der Waals surface area contributed by atoms with E-state index in [-0.39, 0.29) is 5.91 Å². The quantitative estimate of drug-likeness (QED) is 0.782. The Bertz CT molecular complexity index is 906. The number of carbonyl (C=O) groups is 1. The molecule has 1 amide bonds. The van der Waals surface area contributed by atoms with Gasteiger partial charge in [0, 0.05) is 48.9 Å². The molecular weight excluding hydrogens is 326 g/mol. The van der Waals surface area contributed by atoms with Crippen LogP contribution in [0, 0.1) is 6.92 Å². The first-order valence-electron chi connectivity index (χ1n) is 8.94. The van der Waals surface area contributed by atoms with E-state index in [1.807, 2.05) is 49.4 Å². The minimum Gasteiger partial charge on any atom is -0.440 e. The highest BCUT2D eigenvalue weighted by Gasteiger charge is 2.18. The smallest absolute Gasteiger partial charge is 0.258 e. The van der Waals surface area contributed by atoms with Crippen molar-refractivity contribution in [1.82, 2.24) is 4.90 Å². The molecule has 1 aliphatic heterocycles. The number of rotatable bonds is 3.